The van der Waals surface area contributed by atoms with Gasteiger partial charge in [0.05, 0.1) is 24.2 Å². The molecule has 0 aliphatic carbocycles. The van der Waals surface area contributed by atoms with Gasteiger partial charge in [0.2, 0.25) is 0 Å². The predicted octanol–water partition coefficient (Wildman–Crippen LogP) is 1.16. The summed E-state index contributed by atoms with van der Waals surface area (Å²) < 4.78 is 5.19. The van der Waals surface area contributed by atoms with Crippen molar-refractivity contribution in [2.75, 3.05) is 25.1 Å². The maximum Gasteiger partial charge on any atom is 0.122 e. The van der Waals surface area contributed by atoms with Gasteiger partial charge in [0, 0.05) is 13.2 Å². The van der Waals surface area contributed by atoms with E-state index in [0.717, 1.165) is 18.8 Å². The lowest BCUT2D eigenvalue weighted by Gasteiger charge is -2.06. The molecule has 0 amide bonds. The maximum absolute atomic E-state index is 5.43. The summed E-state index contributed by atoms with van der Waals surface area (Å²) in [5.41, 5.74) is 7.01. The second kappa shape index (κ2) is 6.31. The monoisotopic (exact) mass is 225 g/mol. The quantitative estimate of drug-likeness (QED) is 0.562. The standard InChI is InChI=1S/C10H15N3OS/c1-2-14-6-5-12-8-3-4-9(10(11)15)13-7-8/h3-4,7,12H,2,5-6H2,1H3,(H2,11,15). The van der Waals surface area contributed by atoms with Crippen LogP contribution in [0.15, 0.2) is 18.3 Å². The first kappa shape index (κ1) is 11.9. The van der Waals surface area contributed by atoms with Gasteiger partial charge in [-0.25, -0.2) is 0 Å². The van der Waals surface area contributed by atoms with Crippen LogP contribution < -0.4 is 11.1 Å². The zero-order valence-electron chi connectivity index (χ0n) is 8.69. The lowest BCUT2D eigenvalue weighted by Crippen LogP contribution is -2.12. The van der Waals surface area contributed by atoms with Crippen molar-refractivity contribution in [3.63, 3.8) is 0 Å². The Morgan fingerprint density at radius 1 is 1.60 bits per heavy atom. The number of rotatable bonds is 6. The van der Waals surface area contributed by atoms with Crippen molar-refractivity contribution in [1.29, 1.82) is 0 Å². The lowest BCUT2D eigenvalue weighted by atomic mass is 10.3. The van der Waals surface area contributed by atoms with Gasteiger partial charge >= 0.3 is 0 Å². The van der Waals surface area contributed by atoms with E-state index in [2.05, 4.69) is 10.3 Å². The van der Waals surface area contributed by atoms with Crippen molar-refractivity contribution in [3.05, 3.63) is 24.0 Å². The molecule has 1 heterocycles. The summed E-state index contributed by atoms with van der Waals surface area (Å²) in [5, 5.41) is 3.17. The molecule has 0 bridgehead atoms. The molecular weight excluding hydrogens is 210 g/mol. The van der Waals surface area contributed by atoms with Gasteiger partial charge < -0.3 is 15.8 Å². The molecule has 0 aliphatic rings. The van der Waals surface area contributed by atoms with E-state index in [1.807, 2.05) is 13.0 Å². The van der Waals surface area contributed by atoms with Gasteiger partial charge in [0.1, 0.15) is 4.99 Å². The number of nitrogens with zero attached hydrogens (tertiary/aromatic N) is 1. The molecular formula is C10H15N3OS. The highest BCUT2D eigenvalue weighted by atomic mass is 32.1. The third-order valence-corrected chi connectivity index (χ3v) is 2.00. The molecule has 1 rings (SSSR count). The van der Waals surface area contributed by atoms with Gasteiger partial charge in [-0.05, 0) is 19.1 Å². The number of hydrogen-bond donors (Lipinski definition) is 2. The molecule has 0 saturated carbocycles. The van der Waals surface area contributed by atoms with Crippen LogP contribution in [0.25, 0.3) is 0 Å². The van der Waals surface area contributed by atoms with Crippen LogP contribution in [0.3, 0.4) is 0 Å². The number of nitrogens with one attached hydrogen (secondary N) is 1. The van der Waals surface area contributed by atoms with Crippen LogP contribution in [0.2, 0.25) is 0 Å². The molecule has 4 nitrogen and oxygen atoms in total. The Bertz CT molecular complexity index is 313. The average Bonchev–Trinajstić information content (AvgIpc) is 2.25. The van der Waals surface area contributed by atoms with E-state index in [0.29, 0.717) is 17.3 Å². The van der Waals surface area contributed by atoms with Crippen LogP contribution in [0.1, 0.15) is 12.6 Å². The highest BCUT2D eigenvalue weighted by molar-refractivity contribution is 7.80. The molecule has 0 spiro atoms. The second-order valence-electron chi connectivity index (χ2n) is 2.92. The highest BCUT2D eigenvalue weighted by Gasteiger charge is 1.97. The summed E-state index contributed by atoms with van der Waals surface area (Å²) in [6.45, 7) is 4.16. The number of hydrogen-bond acceptors (Lipinski definition) is 4. The minimum atomic E-state index is 0.316. The molecule has 1 aromatic heterocycles. The molecule has 15 heavy (non-hydrogen) atoms. The Morgan fingerprint density at radius 3 is 2.93 bits per heavy atom. The van der Waals surface area contributed by atoms with Crippen LogP contribution in [-0.2, 0) is 4.74 Å². The summed E-state index contributed by atoms with van der Waals surface area (Å²) >= 11 is 4.80. The Kier molecular flexibility index (Phi) is 5.00. The summed E-state index contributed by atoms with van der Waals surface area (Å²) in [4.78, 5) is 4.42. The van der Waals surface area contributed by atoms with Crippen molar-refractivity contribution in [2.24, 2.45) is 5.73 Å². The van der Waals surface area contributed by atoms with Crippen LogP contribution in [0.4, 0.5) is 5.69 Å². The van der Waals surface area contributed by atoms with E-state index >= 15 is 0 Å². The number of thiocarbonyl (C=S) groups is 1. The number of nitrogens with two attached hydrogens (primary N) is 1. The van der Waals surface area contributed by atoms with E-state index in [-0.39, 0.29) is 0 Å². The SMILES string of the molecule is CCOCCNc1ccc(C(N)=S)nc1. The van der Waals surface area contributed by atoms with Crippen molar-refractivity contribution in [2.45, 2.75) is 6.92 Å². The lowest BCUT2D eigenvalue weighted by molar-refractivity contribution is 0.158. The van der Waals surface area contributed by atoms with E-state index in [9.17, 15) is 0 Å². The van der Waals surface area contributed by atoms with E-state index in [1.165, 1.54) is 0 Å². The van der Waals surface area contributed by atoms with E-state index in [4.69, 9.17) is 22.7 Å². The predicted molar refractivity (Wildman–Crippen MR) is 65.1 cm³/mol. The summed E-state index contributed by atoms with van der Waals surface area (Å²) in [6, 6.07) is 3.69. The molecule has 3 N–H and O–H groups in total. The van der Waals surface area contributed by atoms with Gasteiger partial charge in [-0.1, -0.05) is 12.2 Å². The maximum atomic E-state index is 5.43. The van der Waals surface area contributed by atoms with Crippen LogP contribution >= 0.6 is 12.2 Å². The third-order valence-electron chi connectivity index (χ3n) is 1.80. The first-order valence-electron chi connectivity index (χ1n) is 4.81. The van der Waals surface area contributed by atoms with E-state index < -0.39 is 0 Å². The van der Waals surface area contributed by atoms with Crippen molar-refractivity contribution >= 4 is 22.9 Å². The molecule has 82 valence electrons. The zero-order chi connectivity index (χ0) is 11.1. The Hall–Kier alpha value is -1.20. The zero-order valence-corrected chi connectivity index (χ0v) is 9.51. The van der Waals surface area contributed by atoms with Gasteiger partial charge in [-0.15, -0.1) is 0 Å². The number of ether oxygens (including phenoxy) is 1. The second-order valence-corrected chi connectivity index (χ2v) is 3.36. The van der Waals surface area contributed by atoms with Crippen LogP contribution in [0.5, 0.6) is 0 Å². The van der Waals surface area contributed by atoms with Gasteiger partial charge in [-0.2, -0.15) is 0 Å². The number of aromatic nitrogens is 1. The van der Waals surface area contributed by atoms with Gasteiger partial charge in [0.15, 0.2) is 0 Å². The molecule has 0 saturated heterocycles. The Labute approximate surface area is 94.8 Å². The highest BCUT2D eigenvalue weighted by Crippen LogP contribution is 2.05. The fraction of sp³-hybridized carbons (Fsp3) is 0.400. The van der Waals surface area contributed by atoms with Crippen molar-refractivity contribution < 1.29 is 4.74 Å². The Morgan fingerprint density at radius 2 is 2.40 bits per heavy atom. The summed E-state index contributed by atoms with van der Waals surface area (Å²) in [5.74, 6) is 0. The van der Waals surface area contributed by atoms with Crippen LogP contribution in [-0.4, -0.2) is 29.7 Å². The van der Waals surface area contributed by atoms with Gasteiger partial charge in [0.25, 0.3) is 0 Å². The largest absolute Gasteiger partial charge is 0.388 e. The molecule has 1 aromatic rings. The fourth-order valence-corrected chi connectivity index (χ4v) is 1.18. The topological polar surface area (TPSA) is 60.2 Å². The molecule has 0 aliphatic heterocycles. The van der Waals surface area contributed by atoms with Gasteiger partial charge in [-0.3, -0.25) is 4.98 Å². The van der Waals surface area contributed by atoms with Crippen LogP contribution in [0, 0.1) is 0 Å². The minimum absolute atomic E-state index is 0.316. The summed E-state index contributed by atoms with van der Waals surface area (Å²) in [6.07, 6.45) is 1.71. The molecule has 0 unspecified atom stereocenters. The average molecular weight is 225 g/mol. The molecule has 5 heteroatoms. The third kappa shape index (κ3) is 4.22. The van der Waals surface area contributed by atoms with Crippen molar-refractivity contribution in [3.8, 4) is 0 Å². The molecule has 0 aromatic carbocycles. The fourth-order valence-electron chi connectivity index (χ4n) is 1.06. The minimum Gasteiger partial charge on any atom is -0.388 e. The normalized spacial score (nSPS) is 9.93. The molecule has 0 radical (unpaired) electrons. The Balaban J connectivity index is 2.39. The van der Waals surface area contributed by atoms with E-state index in [1.54, 1.807) is 12.3 Å². The number of anilines is 1. The first-order valence-corrected chi connectivity index (χ1v) is 5.22. The first-order chi connectivity index (χ1) is 7.24. The summed E-state index contributed by atoms with van der Waals surface area (Å²) in [7, 11) is 0. The number of pyridine rings is 1. The smallest absolute Gasteiger partial charge is 0.122 e. The van der Waals surface area contributed by atoms with Crippen molar-refractivity contribution in [1.82, 2.24) is 4.98 Å². The molecule has 0 atom stereocenters. The molecule has 0 fully saturated rings.